The highest BCUT2D eigenvalue weighted by Crippen LogP contribution is 2.25. The zero-order valence-electron chi connectivity index (χ0n) is 13.1. The number of rotatable bonds is 7. The van der Waals surface area contributed by atoms with Gasteiger partial charge >= 0.3 is 0 Å². The molecule has 0 radical (unpaired) electrons. The van der Waals surface area contributed by atoms with Crippen LogP contribution in [0.5, 0.6) is 0 Å². The summed E-state index contributed by atoms with van der Waals surface area (Å²) < 4.78 is 0. The van der Waals surface area contributed by atoms with Crippen molar-refractivity contribution < 1.29 is 0 Å². The first-order chi connectivity index (χ1) is 10.2. The zero-order chi connectivity index (χ0) is 15.1. The number of benzene rings is 1. The molecule has 112 valence electrons. The second-order valence-corrected chi connectivity index (χ2v) is 6.54. The molecule has 1 N–H and O–H groups in total. The second-order valence-electron chi connectivity index (χ2n) is 5.49. The average Bonchev–Trinajstić information content (AvgIpc) is 2.52. The molecule has 0 aliphatic rings. The van der Waals surface area contributed by atoms with Crippen molar-refractivity contribution in [3.05, 3.63) is 53.7 Å². The van der Waals surface area contributed by atoms with Crippen LogP contribution in [0.3, 0.4) is 0 Å². The molecule has 0 unspecified atom stereocenters. The Balaban J connectivity index is 1.87. The van der Waals surface area contributed by atoms with Crippen LogP contribution in [0.4, 0.5) is 5.82 Å². The van der Waals surface area contributed by atoms with Gasteiger partial charge in [0.05, 0.1) is 0 Å². The maximum atomic E-state index is 4.44. The van der Waals surface area contributed by atoms with Crippen LogP contribution in [0.25, 0.3) is 0 Å². The van der Waals surface area contributed by atoms with Gasteiger partial charge in [0, 0.05) is 23.4 Å². The summed E-state index contributed by atoms with van der Waals surface area (Å²) in [5, 5.41) is 3.29. The van der Waals surface area contributed by atoms with Crippen molar-refractivity contribution in [3.63, 3.8) is 0 Å². The van der Waals surface area contributed by atoms with E-state index in [1.807, 2.05) is 18.0 Å². The zero-order valence-corrected chi connectivity index (χ0v) is 13.9. The van der Waals surface area contributed by atoms with Gasteiger partial charge < -0.3 is 5.32 Å². The summed E-state index contributed by atoms with van der Waals surface area (Å²) >= 11 is 1.86. The van der Waals surface area contributed by atoms with Crippen LogP contribution in [0.2, 0.25) is 0 Å². The maximum absolute atomic E-state index is 4.44. The van der Waals surface area contributed by atoms with E-state index in [1.54, 1.807) is 0 Å². The molecular formula is C18H24N2S. The Bertz CT molecular complexity index is 532. The smallest absolute Gasteiger partial charge is 0.125 e. The van der Waals surface area contributed by atoms with Crippen LogP contribution in [0.15, 0.2) is 47.5 Å². The SMILES string of the molecule is CCCNc1ccc(CSc2ccc(C(C)C)cc2)cn1. The minimum atomic E-state index is 0.594. The molecule has 2 nitrogen and oxygen atoms in total. The van der Waals surface area contributed by atoms with Gasteiger partial charge in [-0.2, -0.15) is 0 Å². The van der Waals surface area contributed by atoms with E-state index >= 15 is 0 Å². The molecule has 0 atom stereocenters. The molecule has 0 fully saturated rings. The van der Waals surface area contributed by atoms with Gasteiger partial charge in [-0.05, 0) is 41.7 Å². The van der Waals surface area contributed by atoms with Crippen molar-refractivity contribution in [1.82, 2.24) is 4.98 Å². The summed E-state index contributed by atoms with van der Waals surface area (Å²) in [5.74, 6) is 2.52. The second kappa shape index (κ2) is 8.08. The largest absolute Gasteiger partial charge is 0.370 e. The molecule has 1 aromatic heterocycles. The van der Waals surface area contributed by atoms with Crippen molar-refractivity contribution in [3.8, 4) is 0 Å². The third-order valence-electron chi connectivity index (χ3n) is 3.33. The Morgan fingerprint density at radius 2 is 1.86 bits per heavy atom. The van der Waals surface area contributed by atoms with Crippen LogP contribution in [-0.4, -0.2) is 11.5 Å². The molecule has 21 heavy (non-hydrogen) atoms. The maximum Gasteiger partial charge on any atom is 0.125 e. The number of anilines is 1. The van der Waals surface area contributed by atoms with Gasteiger partial charge in [0.1, 0.15) is 5.82 Å². The Hall–Kier alpha value is -1.48. The molecule has 0 saturated heterocycles. The molecule has 0 spiro atoms. The van der Waals surface area contributed by atoms with E-state index in [1.165, 1.54) is 16.0 Å². The Morgan fingerprint density at radius 1 is 1.10 bits per heavy atom. The Morgan fingerprint density at radius 3 is 2.43 bits per heavy atom. The molecule has 1 aromatic carbocycles. The molecule has 0 amide bonds. The lowest BCUT2D eigenvalue weighted by molar-refractivity contribution is 0.865. The number of nitrogens with one attached hydrogen (secondary N) is 1. The van der Waals surface area contributed by atoms with Crippen molar-refractivity contribution in [1.29, 1.82) is 0 Å². The summed E-state index contributed by atoms with van der Waals surface area (Å²) in [5.41, 5.74) is 2.65. The summed E-state index contributed by atoms with van der Waals surface area (Å²) in [7, 11) is 0. The van der Waals surface area contributed by atoms with Crippen LogP contribution in [0.1, 0.15) is 44.2 Å². The lowest BCUT2D eigenvalue weighted by Gasteiger charge is -2.07. The fraction of sp³-hybridized carbons (Fsp3) is 0.389. The van der Waals surface area contributed by atoms with E-state index in [-0.39, 0.29) is 0 Å². The van der Waals surface area contributed by atoms with Gasteiger partial charge in [0.15, 0.2) is 0 Å². The first kappa shape index (κ1) is 15.9. The monoisotopic (exact) mass is 300 g/mol. The van der Waals surface area contributed by atoms with Crippen molar-refractivity contribution in [2.24, 2.45) is 0 Å². The number of aromatic nitrogens is 1. The lowest BCUT2D eigenvalue weighted by Crippen LogP contribution is -2.01. The van der Waals surface area contributed by atoms with E-state index in [2.05, 4.69) is 67.5 Å². The standard InChI is InChI=1S/C18H24N2S/c1-4-11-19-18-10-5-15(12-20-18)13-21-17-8-6-16(7-9-17)14(2)3/h5-10,12,14H,4,11,13H2,1-3H3,(H,19,20). The van der Waals surface area contributed by atoms with Crippen LogP contribution in [-0.2, 0) is 5.75 Å². The van der Waals surface area contributed by atoms with Gasteiger partial charge in [0.2, 0.25) is 0 Å². The van der Waals surface area contributed by atoms with Crippen LogP contribution in [0, 0.1) is 0 Å². The van der Waals surface area contributed by atoms with Gasteiger partial charge in [0.25, 0.3) is 0 Å². The van der Waals surface area contributed by atoms with E-state index < -0.39 is 0 Å². The molecule has 1 heterocycles. The topological polar surface area (TPSA) is 24.9 Å². The highest BCUT2D eigenvalue weighted by molar-refractivity contribution is 7.98. The third kappa shape index (κ3) is 5.09. The molecule has 3 heteroatoms. The van der Waals surface area contributed by atoms with E-state index in [0.29, 0.717) is 5.92 Å². The number of pyridine rings is 1. The normalized spacial score (nSPS) is 10.9. The first-order valence-electron chi connectivity index (χ1n) is 7.60. The summed E-state index contributed by atoms with van der Waals surface area (Å²) in [6.07, 6.45) is 3.08. The summed E-state index contributed by atoms with van der Waals surface area (Å²) in [6.45, 7) is 7.58. The minimum absolute atomic E-state index is 0.594. The lowest BCUT2D eigenvalue weighted by atomic mass is 10.0. The summed E-state index contributed by atoms with van der Waals surface area (Å²) in [6, 6.07) is 13.1. The van der Waals surface area contributed by atoms with Crippen LogP contribution < -0.4 is 5.32 Å². The fourth-order valence-electron chi connectivity index (χ4n) is 1.98. The molecule has 0 aliphatic carbocycles. The molecule has 0 saturated carbocycles. The predicted octanol–water partition coefficient (Wildman–Crippen LogP) is 5.32. The number of thioether (sulfide) groups is 1. The molecule has 2 aromatic rings. The fourth-order valence-corrected chi connectivity index (χ4v) is 2.82. The molecule has 0 aliphatic heterocycles. The van der Waals surface area contributed by atoms with Crippen molar-refractivity contribution in [2.75, 3.05) is 11.9 Å². The first-order valence-corrected chi connectivity index (χ1v) is 8.59. The predicted molar refractivity (Wildman–Crippen MR) is 93.1 cm³/mol. The Kier molecular flexibility index (Phi) is 6.12. The quantitative estimate of drug-likeness (QED) is 0.701. The number of hydrogen-bond acceptors (Lipinski definition) is 3. The van der Waals surface area contributed by atoms with Crippen LogP contribution >= 0.6 is 11.8 Å². The van der Waals surface area contributed by atoms with Gasteiger partial charge in [-0.3, -0.25) is 0 Å². The molecule has 0 bridgehead atoms. The average molecular weight is 300 g/mol. The highest BCUT2D eigenvalue weighted by Gasteiger charge is 2.01. The third-order valence-corrected chi connectivity index (χ3v) is 4.42. The van der Waals surface area contributed by atoms with Gasteiger partial charge in [-0.15, -0.1) is 11.8 Å². The van der Waals surface area contributed by atoms with Gasteiger partial charge in [-0.1, -0.05) is 39.0 Å². The van der Waals surface area contributed by atoms with Gasteiger partial charge in [-0.25, -0.2) is 4.98 Å². The van der Waals surface area contributed by atoms with Crippen molar-refractivity contribution >= 4 is 17.6 Å². The minimum Gasteiger partial charge on any atom is -0.370 e. The Labute approximate surface area is 132 Å². The molecular weight excluding hydrogens is 276 g/mol. The molecule has 2 rings (SSSR count). The summed E-state index contributed by atoms with van der Waals surface area (Å²) in [4.78, 5) is 5.75. The number of nitrogens with zero attached hydrogens (tertiary/aromatic N) is 1. The van der Waals surface area contributed by atoms with Crippen molar-refractivity contribution in [2.45, 2.75) is 43.8 Å². The van der Waals surface area contributed by atoms with E-state index in [0.717, 1.165) is 24.5 Å². The van der Waals surface area contributed by atoms with E-state index in [9.17, 15) is 0 Å². The highest BCUT2D eigenvalue weighted by atomic mass is 32.2. The van der Waals surface area contributed by atoms with E-state index in [4.69, 9.17) is 0 Å². The number of hydrogen-bond donors (Lipinski definition) is 1.